The summed E-state index contributed by atoms with van der Waals surface area (Å²) in [7, 11) is 0. The molecule has 0 radical (unpaired) electrons. The van der Waals surface area contributed by atoms with Crippen molar-refractivity contribution < 1.29 is 24.4 Å². The van der Waals surface area contributed by atoms with Crippen molar-refractivity contribution in [3.8, 4) is 5.75 Å². The average molecular weight is 409 g/mol. The summed E-state index contributed by atoms with van der Waals surface area (Å²) in [5.41, 5.74) is 0.655. The van der Waals surface area contributed by atoms with Crippen LogP contribution in [0.4, 0.5) is 11.4 Å². The van der Waals surface area contributed by atoms with E-state index in [1.165, 1.54) is 24.3 Å². The normalized spacial score (nSPS) is 10.4. The lowest BCUT2D eigenvalue weighted by Gasteiger charge is -2.09. The van der Waals surface area contributed by atoms with E-state index in [-0.39, 0.29) is 23.5 Å². The van der Waals surface area contributed by atoms with E-state index in [2.05, 4.69) is 10.6 Å². The van der Waals surface area contributed by atoms with Gasteiger partial charge in [0.25, 0.3) is 11.6 Å². The maximum absolute atomic E-state index is 12.2. The van der Waals surface area contributed by atoms with Gasteiger partial charge >= 0.3 is 5.97 Å². The first-order valence-corrected chi connectivity index (χ1v) is 9.08. The maximum atomic E-state index is 12.2. The predicted molar refractivity (Wildman–Crippen MR) is 110 cm³/mol. The van der Waals surface area contributed by atoms with Crippen LogP contribution in [0, 0.1) is 10.1 Å². The Labute approximate surface area is 171 Å². The number of rotatable bonds is 8. The molecule has 0 spiro atoms. The molecule has 0 saturated heterocycles. The number of ether oxygens (including phenoxy) is 1. The molecule has 154 valence electrons. The van der Waals surface area contributed by atoms with Crippen LogP contribution >= 0.6 is 0 Å². The fraction of sp³-hybridized carbons (Fsp3) is 0.143. The molecule has 0 saturated carbocycles. The Kier molecular flexibility index (Phi) is 6.43. The Morgan fingerprint density at radius 2 is 1.67 bits per heavy atom. The number of phenolic OH excluding ortho intramolecular Hbond substituents is 1. The minimum Gasteiger partial charge on any atom is -0.507 e. The van der Waals surface area contributed by atoms with Crippen LogP contribution in [0.5, 0.6) is 5.75 Å². The third-order valence-electron chi connectivity index (χ3n) is 4.27. The quantitative estimate of drug-likeness (QED) is 0.226. The highest BCUT2D eigenvalue weighted by molar-refractivity contribution is 5.99. The fourth-order valence-electron chi connectivity index (χ4n) is 2.76. The monoisotopic (exact) mass is 409 g/mol. The molecule has 0 fully saturated rings. The summed E-state index contributed by atoms with van der Waals surface area (Å²) in [6.07, 6.45) is 0. The van der Waals surface area contributed by atoms with Crippen molar-refractivity contribution in [1.82, 2.24) is 5.32 Å². The van der Waals surface area contributed by atoms with Crippen molar-refractivity contribution in [2.45, 2.75) is 0 Å². The molecule has 0 unspecified atom stereocenters. The van der Waals surface area contributed by atoms with Crippen molar-refractivity contribution in [3.63, 3.8) is 0 Å². The predicted octanol–water partition coefficient (Wildman–Crippen LogP) is 2.84. The van der Waals surface area contributed by atoms with Crippen molar-refractivity contribution in [2.24, 2.45) is 0 Å². The first-order chi connectivity index (χ1) is 14.4. The van der Waals surface area contributed by atoms with Crippen LogP contribution in [0.2, 0.25) is 0 Å². The highest BCUT2D eigenvalue weighted by atomic mass is 16.6. The third-order valence-corrected chi connectivity index (χ3v) is 4.27. The van der Waals surface area contributed by atoms with Crippen molar-refractivity contribution in [3.05, 3.63) is 76.3 Å². The lowest BCUT2D eigenvalue weighted by atomic mass is 10.1. The molecule has 3 aromatic carbocycles. The Balaban J connectivity index is 1.42. The standard InChI is InChI=1S/C21H19N3O6/c25-19-12-15-4-2-1-3-14(15)11-18(19)21(27)30-13-20(26)23-10-9-22-16-5-7-17(8-6-16)24(28)29/h1-8,11-12,22,25H,9-10,13H2,(H,23,26). The molecule has 3 N–H and O–H groups in total. The number of phenols is 1. The molecule has 0 aromatic heterocycles. The summed E-state index contributed by atoms with van der Waals surface area (Å²) in [4.78, 5) is 34.2. The van der Waals surface area contributed by atoms with E-state index in [9.17, 15) is 24.8 Å². The van der Waals surface area contributed by atoms with E-state index < -0.39 is 23.4 Å². The summed E-state index contributed by atoms with van der Waals surface area (Å²) in [6, 6.07) is 16.1. The van der Waals surface area contributed by atoms with Gasteiger partial charge in [-0.3, -0.25) is 14.9 Å². The first kappa shape index (κ1) is 20.6. The number of anilines is 1. The number of nitrogens with zero attached hydrogens (tertiary/aromatic N) is 1. The van der Waals surface area contributed by atoms with Gasteiger partial charge in [-0.2, -0.15) is 0 Å². The zero-order chi connectivity index (χ0) is 21.5. The van der Waals surface area contributed by atoms with Gasteiger partial charge in [0.15, 0.2) is 6.61 Å². The van der Waals surface area contributed by atoms with E-state index in [4.69, 9.17) is 4.74 Å². The van der Waals surface area contributed by atoms with Crippen molar-refractivity contribution in [2.75, 3.05) is 25.0 Å². The second kappa shape index (κ2) is 9.37. The largest absolute Gasteiger partial charge is 0.507 e. The van der Waals surface area contributed by atoms with Gasteiger partial charge in [0.05, 0.1) is 4.92 Å². The van der Waals surface area contributed by atoms with E-state index in [0.29, 0.717) is 12.2 Å². The number of aromatic hydroxyl groups is 1. The summed E-state index contributed by atoms with van der Waals surface area (Å²) < 4.78 is 4.98. The Bertz CT molecular complexity index is 1080. The maximum Gasteiger partial charge on any atom is 0.342 e. The number of non-ortho nitro benzene ring substituents is 1. The van der Waals surface area contributed by atoms with E-state index in [1.54, 1.807) is 18.2 Å². The summed E-state index contributed by atoms with van der Waals surface area (Å²) in [6.45, 7) is 0.153. The number of hydrogen-bond donors (Lipinski definition) is 3. The summed E-state index contributed by atoms with van der Waals surface area (Å²) in [5.74, 6) is -1.50. The number of nitrogens with one attached hydrogen (secondary N) is 2. The minimum absolute atomic E-state index is 0.00637. The molecule has 0 atom stereocenters. The second-order valence-electron chi connectivity index (χ2n) is 6.37. The molecule has 0 aliphatic rings. The highest BCUT2D eigenvalue weighted by Gasteiger charge is 2.15. The zero-order valence-electron chi connectivity index (χ0n) is 15.8. The molecule has 9 heteroatoms. The smallest absolute Gasteiger partial charge is 0.342 e. The topological polar surface area (TPSA) is 131 Å². The second-order valence-corrected chi connectivity index (χ2v) is 6.37. The third kappa shape index (κ3) is 5.22. The number of esters is 1. The van der Waals surface area contributed by atoms with Crippen molar-refractivity contribution in [1.29, 1.82) is 0 Å². The average Bonchev–Trinajstić information content (AvgIpc) is 2.75. The van der Waals surface area contributed by atoms with Gasteiger partial charge in [0.2, 0.25) is 0 Å². The first-order valence-electron chi connectivity index (χ1n) is 9.08. The fourth-order valence-corrected chi connectivity index (χ4v) is 2.76. The summed E-state index contributed by atoms with van der Waals surface area (Å²) >= 11 is 0. The molecular formula is C21H19N3O6. The number of fused-ring (bicyclic) bond motifs is 1. The molecule has 3 aromatic rings. The highest BCUT2D eigenvalue weighted by Crippen LogP contribution is 2.25. The molecular weight excluding hydrogens is 390 g/mol. The van der Waals surface area contributed by atoms with Crippen LogP contribution in [0.15, 0.2) is 60.7 Å². The number of hydrogen-bond acceptors (Lipinski definition) is 7. The van der Waals surface area contributed by atoms with E-state index >= 15 is 0 Å². The molecule has 1 amide bonds. The number of nitro benzene ring substituents is 1. The molecule has 9 nitrogen and oxygen atoms in total. The van der Waals surface area contributed by atoms with Gasteiger partial charge in [-0.1, -0.05) is 24.3 Å². The van der Waals surface area contributed by atoms with Gasteiger partial charge in [0.1, 0.15) is 11.3 Å². The SMILES string of the molecule is O=C(COC(=O)c1cc2ccccc2cc1O)NCCNc1ccc([N+](=O)[O-])cc1. The van der Waals surface area contributed by atoms with Crippen LogP contribution < -0.4 is 10.6 Å². The van der Waals surface area contributed by atoms with E-state index in [1.807, 2.05) is 18.2 Å². The lowest BCUT2D eigenvalue weighted by molar-refractivity contribution is -0.384. The van der Waals surface area contributed by atoms with Crippen LogP contribution in [0.3, 0.4) is 0 Å². The number of carbonyl (C=O) groups excluding carboxylic acids is 2. The van der Waals surface area contributed by atoms with E-state index in [0.717, 1.165) is 10.8 Å². The van der Waals surface area contributed by atoms with Gasteiger partial charge in [-0.15, -0.1) is 0 Å². The van der Waals surface area contributed by atoms with Gasteiger partial charge in [0, 0.05) is 30.9 Å². The number of nitro groups is 1. The van der Waals surface area contributed by atoms with Crippen LogP contribution in [-0.2, 0) is 9.53 Å². The molecule has 3 rings (SSSR count). The van der Waals surface area contributed by atoms with Gasteiger partial charge < -0.3 is 20.5 Å². The molecule has 0 aliphatic carbocycles. The molecule has 30 heavy (non-hydrogen) atoms. The van der Waals surface area contributed by atoms with Crippen LogP contribution in [0.1, 0.15) is 10.4 Å². The number of benzene rings is 3. The minimum atomic E-state index is -0.794. The van der Waals surface area contributed by atoms with Crippen LogP contribution in [-0.4, -0.2) is 41.6 Å². The summed E-state index contributed by atoms with van der Waals surface area (Å²) in [5, 5.41) is 27.8. The zero-order valence-corrected chi connectivity index (χ0v) is 15.8. The Morgan fingerprint density at radius 3 is 2.33 bits per heavy atom. The van der Waals surface area contributed by atoms with Gasteiger partial charge in [-0.25, -0.2) is 4.79 Å². The molecule has 0 aliphatic heterocycles. The Morgan fingerprint density at radius 1 is 1.00 bits per heavy atom. The molecule has 0 bridgehead atoms. The lowest BCUT2D eigenvalue weighted by Crippen LogP contribution is -2.32. The number of carbonyl (C=O) groups is 2. The van der Waals surface area contributed by atoms with Crippen molar-refractivity contribution >= 4 is 34.0 Å². The Hall–Kier alpha value is -4.14. The number of amides is 1. The van der Waals surface area contributed by atoms with Gasteiger partial charge in [-0.05, 0) is 35.0 Å². The van der Waals surface area contributed by atoms with Crippen LogP contribution in [0.25, 0.3) is 10.8 Å². The molecule has 0 heterocycles.